The number of hydrogen-bond acceptors (Lipinski definition) is 4. The Morgan fingerprint density at radius 3 is 2.96 bits per heavy atom. The average molecular weight is 368 g/mol. The molecule has 24 heavy (non-hydrogen) atoms. The SMILES string of the molecule is C=C1CC(CNc2ccc(Cl)c(-c3cc(F)ncc3Cl)n2)CCO1. The van der Waals surface area contributed by atoms with E-state index in [9.17, 15) is 4.39 Å². The van der Waals surface area contributed by atoms with Crippen LogP contribution in [0.25, 0.3) is 11.3 Å². The van der Waals surface area contributed by atoms with Crippen molar-refractivity contribution < 1.29 is 9.13 Å². The van der Waals surface area contributed by atoms with E-state index < -0.39 is 5.95 Å². The van der Waals surface area contributed by atoms with Gasteiger partial charge < -0.3 is 10.1 Å². The van der Waals surface area contributed by atoms with Crippen LogP contribution in [-0.4, -0.2) is 23.1 Å². The summed E-state index contributed by atoms with van der Waals surface area (Å²) in [5.74, 6) is 1.28. The van der Waals surface area contributed by atoms with Gasteiger partial charge in [0.1, 0.15) is 5.82 Å². The predicted molar refractivity (Wildman–Crippen MR) is 93.8 cm³/mol. The molecule has 2 aromatic heterocycles. The first kappa shape index (κ1) is 17.0. The third kappa shape index (κ3) is 3.97. The number of hydrogen-bond donors (Lipinski definition) is 1. The lowest BCUT2D eigenvalue weighted by molar-refractivity contribution is 0.137. The summed E-state index contributed by atoms with van der Waals surface area (Å²) in [7, 11) is 0. The van der Waals surface area contributed by atoms with E-state index in [0.29, 0.717) is 39.6 Å². The van der Waals surface area contributed by atoms with Gasteiger partial charge in [0.25, 0.3) is 0 Å². The van der Waals surface area contributed by atoms with Crippen LogP contribution in [0.5, 0.6) is 0 Å². The fourth-order valence-electron chi connectivity index (χ4n) is 2.60. The molecular formula is C17H16Cl2FN3O. The predicted octanol–water partition coefficient (Wildman–Crippen LogP) is 4.94. The zero-order chi connectivity index (χ0) is 17.1. The molecule has 0 spiro atoms. The van der Waals surface area contributed by atoms with E-state index in [1.807, 2.05) is 0 Å². The second-order valence-corrected chi connectivity index (χ2v) is 6.46. The summed E-state index contributed by atoms with van der Waals surface area (Å²) in [6, 6.07) is 4.72. The van der Waals surface area contributed by atoms with E-state index in [2.05, 4.69) is 21.9 Å². The Bertz CT molecular complexity index is 769. The van der Waals surface area contributed by atoms with Crippen molar-refractivity contribution in [3.8, 4) is 11.3 Å². The molecule has 0 aromatic carbocycles. The molecule has 4 nitrogen and oxygen atoms in total. The third-order valence-corrected chi connectivity index (χ3v) is 4.45. The Morgan fingerprint density at radius 1 is 1.33 bits per heavy atom. The van der Waals surface area contributed by atoms with Crippen molar-refractivity contribution in [2.24, 2.45) is 5.92 Å². The molecule has 0 radical (unpaired) electrons. The maximum Gasteiger partial charge on any atom is 0.213 e. The number of allylic oxidation sites excluding steroid dienone is 1. The molecule has 1 atom stereocenters. The van der Waals surface area contributed by atoms with Crippen molar-refractivity contribution in [3.63, 3.8) is 0 Å². The summed E-state index contributed by atoms with van der Waals surface area (Å²) >= 11 is 12.3. The largest absolute Gasteiger partial charge is 0.499 e. The molecule has 1 unspecified atom stereocenters. The van der Waals surface area contributed by atoms with Crippen LogP contribution in [0.15, 0.2) is 36.7 Å². The van der Waals surface area contributed by atoms with Crippen LogP contribution in [0.2, 0.25) is 10.0 Å². The maximum atomic E-state index is 13.4. The monoisotopic (exact) mass is 367 g/mol. The van der Waals surface area contributed by atoms with Crippen LogP contribution in [0, 0.1) is 11.9 Å². The molecule has 3 rings (SSSR count). The molecule has 3 heterocycles. The Hall–Kier alpha value is -1.85. The van der Waals surface area contributed by atoms with Gasteiger partial charge in [-0.2, -0.15) is 4.39 Å². The smallest absolute Gasteiger partial charge is 0.213 e. The Kier molecular flexibility index (Phi) is 5.21. The number of pyridine rings is 2. The molecule has 1 aliphatic heterocycles. The molecule has 0 aliphatic carbocycles. The minimum absolute atomic E-state index is 0.295. The maximum absolute atomic E-state index is 13.4. The Labute approximate surface area is 149 Å². The van der Waals surface area contributed by atoms with E-state index in [-0.39, 0.29) is 0 Å². The number of nitrogens with one attached hydrogen (secondary N) is 1. The van der Waals surface area contributed by atoms with E-state index >= 15 is 0 Å². The lowest BCUT2D eigenvalue weighted by Gasteiger charge is -2.24. The molecule has 0 amide bonds. The van der Waals surface area contributed by atoms with E-state index in [1.54, 1.807) is 12.1 Å². The van der Waals surface area contributed by atoms with Crippen LogP contribution in [-0.2, 0) is 4.74 Å². The molecule has 1 fully saturated rings. The summed E-state index contributed by atoms with van der Waals surface area (Å²) in [6.45, 7) is 5.30. The fraction of sp³-hybridized carbons (Fsp3) is 0.294. The van der Waals surface area contributed by atoms with Gasteiger partial charge in [0.2, 0.25) is 5.95 Å². The highest BCUT2D eigenvalue weighted by molar-refractivity contribution is 6.36. The summed E-state index contributed by atoms with van der Waals surface area (Å²) in [4.78, 5) is 7.99. The van der Waals surface area contributed by atoms with Crippen LogP contribution in [0.4, 0.5) is 10.2 Å². The zero-order valence-corrected chi connectivity index (χ0v) is 14.4. The molecule has 0 saturated carbocycles. The average Bonchev–Trinajstić information content (AvgIpc) is 2.56. The van der Waals surface area contributed by atoms with Gasteiger partial charge in [0.05, 0.1) is 28.1 Å². The fourth-order valence-corrected chi connectivity index (χ4v) is 3.00. The topological polar surface area (TPSA) is 47.0 Å². The quantitative estimate of drug-likeness (QED) is 0.777. The zero-order valence-electron chi connectivity index (χ0n) is 12.9. The lowest BCUT2D eigenvalue weighted by atomic mass is 9.99. The second kappa shape index (κ2) is 7.36. The normalized spacial score (nSPS) is 17.5. The summed E-state index contributed by atoms with van der Waals surface area (Å²) in [5.41, 5.74) is 0.835. The molecule has 1 saturated heterocycles. The van der Waals surface area contributed by atoms with Gasteiger partial charge in [-0.15, -0.1) is 0 Å². The summed E-state index contributed by atoms with van der Waals surface area (Å²) < 4.78 is 18.8. The van der Waals surface area contributed by atoms with Crippen molar-refractivity contribution in [2.45, 2.75) is 12.8 Å². The Balaban J connectivity index is 1.79. The molecular weight excluding hydrogens is 352 g/mol. The number of nitrogens with zero attached hydrogens (tertiary/aromatic N) is 2. The number of ether oxygens (including phenoxy) is 1. The molecule has 7 heteroatoms. The van der Waals surface area contributed by atoms with Crippen molar-refractivity contribution >= 4 is 29.0 Å². The Morgan fingerprint density at radius 2 is 2.17 bits per heavy atom. The number of rotatable bonds is 4. The van der Waals surface area contributed by atoms with Crippen molar-refractivity contribution in [2.75, 3.05) is 18.5 Å². The minimum Gasteiger partial charge on any atom is -0.499 e. The van der Waals surface area contributed by atoms with E-state index in [0.717, 1.165) is 25.1 Å². The van der Waals surface area contributed by atoms with E-state index in [4.69, 9.17) is 27.9 Å². The number of halogens is 3. The number of anilines is 1. The molecule has 1 N–H and O–H groups in total. The van der Waals surface area contributed by atoms with Gasteiger partial charge in [0.15, 0.2) is 0 Å². The van der Waals surface area contributed by atoms with Crippen LogP contribution >= 0.6 is 23.2 Å². The van der Waals surface area contributed by atoms with E-state index in [1.165, 1.54) is 12.3 Å². The number of aromatic nitrogens is 2. The van der Waals surface area contributed by atoms with Crippen LogP contribution < -0.4 is 5.32 Å². The minimum atomic E-state index is -0.633. The first-order valence-electron chi connectivity index (χ1n) is 7.55. The molecule has 126 valence electrons. The van der Waals surface area contributed by atoms with Gasteiger partial charge in [-0.25, -0.2) is 9.97 Å². The molecule has 1 aliphatic rings. The first-order chi connectivity index (χ1) is 11.5. The third-order valence-electron chi connectivity index (χ3n) is 3.84. The van der Waals surface area contributed by atoms with Gasteiger partial charge in [-0.3, -0.25) is 0 Å². The standard InChI is InChI=1S/C17H16Cl2FN3O/c1-10-6-11(4-5-24-10)8-22-16-3-2-13(18)17(23-16)12-7-15(20)21-9-14(12)19/h2-3,7,9,11H,1,4-6,8H2,(H,22,23). The van der Waals surface area contributed by atoms with Crippen molar-refractivity contribution in [3.05, 3.63) is 52.7 Å². The highest BCUT2D eigenvalue weighted by atomic mass is 35.5. The highest BCUT2D eigenvalue weighted by Gasteiger charge is 2.17. The lowest BCUT2D eigenvalue weighted by Crippen LogP contribution is -2.21. The summed E-state index contributed by atoms with van der Waals surface area (Å²) in [5, 5.41) is 3.98. The second-order valence-electron chi connectivity index (χ2n) is 5.64. The highest BCUT2D eigenvalue weighted by Crippen LogP contribution is 2.32. The van der Waals surface area contributed by atoms with Crippen molar-refractivity contribution in [1.29, 1.82) is 0 Å². The first-order valence-corrected chi connectivity index (χ1v) is 8.31. The van der Waals surface area contributed by atoms with Crippen LogP contribution in [0.1, 0.15) is 12.8 Å². The van der Waals surface area contributed by atoms with Gasteiger partial charge >= 0.3 is 0 Å². The van der Waals surface area contributed by atoms with Gasteiger partial charge in [-0.05, 0) is 24.5 Å². The summed E-state index contributed by atoms with van der Waals surface area (Å²) in [6.07, 6.45) is 3.04. The van der Waals surface area contributed by atoms with Gasteiger partial charge in [-0.1, -0.05) is 29.8 Å². The molecule has 0 bridgehead atoms. The van der Waals surface area contributed by atoms with Crippen molar-refractivity contribution in [1.82, 2.24) is 9.97 Å². The molecule has 2 aromatic rings. The van der Waals surface area contributed by atoms with Gasteiger partial charge in [0, 0.05) is 30.8 Å². The van der Waals surface area contributed by atoms with Crippen LogP contribution in [0.3, 0.4) is 0 Å².